The van der Waals surface area contributed by atoms with Crippen LogP contribution in [0.4, 0.5) is 0 Å². The van der Waals surface area contributed by atoms with Crippen LogP contribution in [0.25, 0.3) is 5.69 Å². The van der Waals surface area contributed by atoms with E-state index in [2.05, 4.69) is 10.4 Å². The molecule has 0 bridgehead atoms. The van der Waals surface area contributed by atoms with E-state index in [0.717, 1.165) is 11.3 Å². The number of hydrogen-bond donors (Lipinski definition) is 2. The highest BCUT2D eigenvalue weighted by Gasteiger charge is 2.03. The molecule has 1 amide bonds. The lowest BCUT2D eigenvalue weighted by Crippen LogP contribution is -2.27. The van der Waals surface area contributed by atoms with E-state index in [9.17, 15) is 4.79 Å². The second-order valence-electron chi connectivity index (χ2n) is 3.87. The summed E-state index contributed by atoms with van der Waals surface area (Å²) in [6.07, 6.45) is 3.90. The lowest BCUT2D eigenvalue weighted by molar-refractivity contribution is -0.120. The summed E-state index contributed by atoms with van der Waals surface area (Å²) in [6.45, 7) is 0.258. The quantitative estimate of drug-likeness (QED) is 0.807. The maximum absolute atomic E-state index is 11.4. The first-order chi connectivity index (χ1) is 8.79. The predicted molar refractivity (Wildman–Crippen MR) is 67.4 cm³/mol. The van der Waals surface area contributed by atoms with Gasteiger partial charge in [0, 0.05) is 18.9 Å². The summed E-state index contributed by atoms with van der Waals surface area (Å²) >= 11 is 0. The van der Waals surface area contributed by atoms with Crippen molar-refractivity contribution in [3.63, 3.8) is 0 Å². The molecule has 0 radical (unpaired) electrons. The van der Waals surface area contributed by atoms with Crippen LogP contribution in [-0.4, -0.2) is 33.9 Å². The number of nitrogens with one attached hydrogen (secondary N) is 1. The zero-order valence-electron chi connectivity index (χ0n) is 9.91. The topological polar surface area (TPSA) is 67.2 Å². The van der Waals surface area contributed by atoms with Crippen LogP contribution in [0, 0.1) is 0 Å². The number of hydrogen-bond acceptors (Lipinski definition) is 3. The molecule has 2 N–H and O–H groups in total. The molecule has 0 saturated carbocycles. The maximum atomic E-state index is 11.4. The van der Waals surface area contributed by atoms with Crippen molar-refractivity contribution >= 4 is 5.91 Å². The van der Waals surface area contributed by atoms with E-state index in [1.54, 1.807) is 10.9 Å². The molecule has 1 heterocycles. The molecule has 1 aromatic heterocycles. The van der Waals surface area contributed by atoms with Gasteiger partial charge in [-0.3, -0.25) is 4.79 Å². The average molecular weight is 245 g/mol. The Morgan fingerprint density at radius 2 is 2.11 bits per heavy atom. The van der Waals surface area contributed by atoms with Gasteiger partial charge in [-0.05, 0) is 23.8 Å². The van der Waals surface area contributed by atoms with Gasteiger partial charge in [0.1, 0.15) is 0 Å². The summed E-state index contributed by atoms with van der Waals surface area (Å²) in [5, 5.41) is 15.3. The van der Waals surface area contributed by atoms with Gasteiger partial charge < -0.3 is 10.4 Å². The second kappa shape index (κ2) is 5.97. The Morgan fingerprint density at radius 3 is 2.72 bits per heavy atom. The molecule has 5 nitrogen and oxygen atoms in total. The molecule has 0 aliphatic carbocycles. The Labute approximate surface area is 105 Å². The lowest BCUT2D eigenvalue weighted by atomic mass is 10.1. The van der Waals surface area contributed by atoms with E-state index in [4.69, 9.17) is 5.11 Å². The fourth-order valence-electron chi connectivity index (χ4n) is 1.63. The standard InChI is InChI=1S/C13H15N3O2/c17-9-7-14-13(18)10-11-2-4-12(5-3-11)16-8-1-6-15-16/h1-6,8,17H,7,9-10H2,(H,14,18). The summed E-state index contributed by atoms with van der Waals surface area (Å²) in [5.74, 6) is -0.0871. The first-order valence-electron chi connectivity index (χ1n) is 5.76. The Bertz CT molecular complexity index is 491. The predicted octanol–water partition coefficient (Wildman–Crippen LogP) is 0.523. The van der Waals surface area contributed by atoms with Crippen LogP contribution >= 0.6 is 0 Å². The molecule has 94 valence electrons. The molecular weight excluding hydrogens is 230 g/mol. The number of aliphatic hydroxyl groups is 1. The van der Waals surface area contributed by atoms with Crippen LogP contribution in [0.5, 0.6) is 0 Å². The summed E-state index contributed by atoms with van der Waals surface area (Å²) in [4.78, 5) is 11.4. The van der Waals surface area contributed by atoms with Crippen molar-refractivity contribution in [2.24, 2.45) is 0 Å². The van der Waals surface area contributed by atoms with Gasteiger partial charge in [0.15, 0.2) is 0 Å². The molecular formula is C13H15N3O2. The van der Waals surface area contributed by atoms with Crippen molar-refractivity contribution in [3.05, 3.63) is 48.3 Å². The normalized spacial score (nSPS) is 10.3. The minimum Gasteiger partial charge on any atom is -0.395 e. The number of carbonyl (C=O) groups excluding carboxylic acids is 1. The van der Waals surface area contributed by atoms with Gasteiger partial charge in [-0.25, -0.2) is 4.68 Å². The molecule has 2 rings (SSSR count). The fraction of sp³-hybridized carbons (Fsp3) is 0.231. The summed E-state index contributed by atoms with van der Waals surface area (Å²) < 4.78 is 1.76. The van der Waals surface area contributed by atoms with Crippen LogP contribution in [0.2, 0.25) is 0 Å². The van der Waals surface area contributed by atoms with Crippen LogP contribution in [-0.2, 0) is 11.2 Å². The monoisotopic (exact) mass is 245 g/mol. The van der Waals surface area contributed by atoms with Gasteiger partial charge in [-0.15, -0.1) is 0 Å². The van der Waals surface area contributed by atoms with E-state index < -0.39 is 0 Å². The van der Waals surface area contributed by atoms with E-state index in [1.807, 2.05) is 36.5 Å². The number of nitrogens with zero attached hydrogens (tertiary/aromatic N) is 2. The van der Waals surface area contributed by atoms with Crippen LogP contribution < -0.4 is 5.32 Å². The largest absolute Gasteiger partial charge is 0.395 e. The number of carbonyl (C=O) groups is 1. The fourth-order valence-corrected chi connectivity index (χ4v) is 1.63. The zero-order valence-corrected chi connectivity index (χ0v) is 9.91. The molecule has 18 heavy (non-hydrogen) atoms. The van der Waals surface area contributed by atoms with Gasteiger partial charge in [-0.1, -0.05) is 12.1 Å². The van der Waals surface area contributed by atoms with Crippen molar-refractivity contribution in [1.82, 2.24) is 15.1 Å². The molecule has 0 aliphatic heterocycles. The highest BCUT2D eigenvalue weighted by Crippen LogP contribution is 2.08. The summed E-state index contributed by atoms with van der Waals surface area (Å²) in [5.41, 5.74) is 1.89. The van der Waals surface area contributed by atoms with Gasteiger partial charge in [0.05, 0.1) is 18.7 Å². The highest BCUT2D eigenvalue weighted by molar-refractivity contribution is 5.78. The summed E-state index contributed by atoms with van der Waals surface area (Å²) in [7, 11) is 0. The lowest BCUT2D eigenvalue weighted by Gasteiger charge is -2.05. The number of rotatable bonds is 5. The van der Waals surface area contributed by atoms with Crippen molar-refractivity contribution in [3.8, 4) is 5.69 Å². The third kappa shape index (κ3) is 3.18. The molecule has 0 unspecified atom stereocenters. The Balaban J connectivity index is 1.98. The molecule has 0 atom stereocenters. The molecule has 5 heteroatoms. The molecule has 0 fully saturated rings. The van der Waals surface area contributed by atoms with Gasteiger partial charge in [-0.2, -0.15) is 5.10 Å². The van der Waals surface area contributed by atoms with Crippen molar-refractivity contribution < 1.29 is 9.90 Å². The van der Waals surface area contributed by atoms with E-state index in [-0.39, 0.29) is 12.5 Å². The van der Waals surface area contributed by atoms with Crippen LogP contribution in [0.15, 0.2) is 42.7 Å². The average Bonchev–Trinajstić information content (AvgIpc) is 2.91. The van der Waals surface area contributed by atoms with Gasteiger partial charge >= 0.3 is 0 Å². The van der Waals surface area contributed by atoms with E-state index in [0.29, 0.717) is 13.0 Å². The third-order valence-corrected chi connectivity index (χ3v) is 2.50. The van der Waals surface area contributed by atoms with Crippen molar-refractivity contribution in [1.29, 1.82) is 0 Å². The Morgan fingerprint density at radius 1 is 1.33 bits per heavy atom. The number of amides is 1. The van der Waals surface area contributed by atoms with Crippen LogP contribution in [0.3, 0.4) is 0 Å². The molecule has 1 aromatic carbocycles. The minimum absolute atomic E-state index is 0.0377. The molecule has 0 spiro atoms. The minimum atomic E-state index is -0.0871. The zero-order chi connectivity index (χ0) is 12.8. The SMILES string of the molecule is O=C(Cc1ccc(-n2cccn2)cc1)NCCO. The number of aromatic nitrogens is 2. The number of benzene rings is 1. The smallest absolute Gasteiger partial charge is 0.224 e. The molecule has 2 aromatic rings. The summed E-state index contributed by atoms with van der Waals surface area (Å²) in [6, 6.07) is 9.49. The first-order valence-corrected chi connectivity index (χ1v) is 5.76. The van der Waals surface area contributed by atoms with Crippen LogP contribution in [0.1, 0.15) is 5.56 Å². The van der Waals surface area contributed by atoms with E-state index >= 15 is 0 Å². The Hall–Kier alpha value is -2.14. The van der Waals surface area contributed by atoms with Gasteiger partial charge in [0.25, 0.3) is 0 Å². The van der Waals surface area contributed by atoms with E-state index in [1.165, 1.54) is 0 Å². The maximum Gasteiger partial charge on any atom is 0.224 e. The highest BCUT2D eigenvalue weighted by atomic mass is 16.3. The van der Waals surface area contributed by atoms with Crippen molar-refractivity contribution in [2.75, 3.05) is 13.2 Å². The van der Waals surface area contributed by atoms with Crippen molar-refractivity contribution in [2.45, 2.75) is 6.42 Å². The third-order valence-electron chi connectivity index (χ3n) is 2.50. The van der Waals surface area contributed by atoms with Gasteiger partial charge in [0.2, 0.25) is 5.91 Å². The second-order valence-corrected chi connectivity index (χ2v) is 3.87. The molecule has 0 saturated heterocycles. The molecule has 0 aliphatic rings. The Kier molecular flexibility index (Phi) is 4.09. The number of aliphatic hydroxyl groups excluding tert-OH is 1. The first kappa shape index (κ1) is 12.3.